The van der Waals surface area contributed by atoms with Crippen LogP contribution >= 0.6 is 0 Å². The Morgan fingerprint density at radius 1 is 0.833 bits per heavy atom. The average Bonchev–Trinajstić information content (AvgIpc) is 2.95. The molecule has 186 valence electrons. The van der Waals surface area contributed by atoms with Crippen molar-refractivity contribution >= 4 is 0 Å². The molecule has 3 aromatic rings. The summed E-state index contributed by atoms with van der Waals surface area (Å²) in [6.45, 7) is 4.88. The molecule has 0 amide bonds. The van der Waals surface area contributed by atoms with E-state index in [1.54, 1.807) is 5.57 Å². The molecule has 2 aromatic carbocycles. The fraction of sp³-hybridized carbons (Fsp3) is 0.400. The van der Waals surface area contributed by atoms with Crippen LogP contribution in [-0.2, 0) is 5.41 Å². The second kappa shape index (κ2) is 11.0. The lowest BCUT2D eigenvalue weighted by Crippen LogP contribution is -2.41. The van der Waals surface area contributed by atoms with Gasteiger partial charge in [-0.2, -0.15) is 0 Å². The lowest BCUT2D eigenvalue weighted by Gasteiger charge is -2.49. The van der Waals surface area contributed by atoms with Crippen LogP contribution in [0.3, 0.4) is 0 Å². The van der Waals surface area contributed by atoms with Crippen molar-refractivity contribution in [2.75, 3.05) is 0 Å². The molecule has 2 aliphatic carbocycles. The third-order valence-corrected chi connectivity index (χ3v) is 8.82. The Hall–Kier alpha value is -2.93. The highest BCUT2D eigenvalue weighted by Crippen LogP contribution is 2.57. The third-order valence-electron chi connectivity index (χ3n) is 8.82. The first-order valence-corrected chi connectivity index (χ1v) is 14.0. The van der Waals surface area contributed by atoms with Crippen LogP contribution in [0, 0.1) is 5.41 Å². The van der Waals surface area contributed by atoms with Crippen molar-refractivity contribution in [3.05, 3.63) is 126 Å². The fourth-order valence-electron chi connectivity index (χ4n) is 7.31. The van der Waals surface area contributed by atoms with Crippen LogP contribution in [0.1, 0.15) is 93.9 Å². The van der Waals surface area contributed by atoms with Gasteiger partial charge >= 0.3 is 0 Å². The molecule has 1 heterocycles. The highest BCUT2D eigenvalue weighted by Gasteiger charge is 2.47. The zero-order chi connectivity index (χ0) is 24.8. The number of hydrogen-bond donors (Lipinski definition) is 0. The molecule has 1 saturated carbocycles. The van der Waals surface area contributed by atoms with E-state index in [4.69, 9.17) is 4.98 Å². The first kappa shape index (κ1) is 24.8. The lowest BCUT2D eigenvalue weighted by atomic mass is 9.55. The van der Waals surface area contributed by atoms with Gasteiger partial charge in [-0.3, -0.25) is 4.98 Å². The van der Waals surface area contributed by atoms with Crippen molar-refractivity contribution in [2.24, 2.45) is 5.41 Å². The molecular weight excluding hydrogens is 434 g/mol. The van der Waals surface area contributed by atoms with E-state index in [0.717, 1.165) is 19.3 Å². The van der Waals surface area contributed by atoms with Gasteiger partial charge in [0.2, 0.25) is 0 Å². The first-order chi connectivity index (χ1) is 17.6. The summed E-state index contributed by atoms with van der Waals surface area (Å²) in [5, 5.41) is 0. The molecule has 0 radical (unpaired) electrons. The number of allylic oxidation sites excluding steroid dienone is 4. The zero-order valence-corrected chi connectivity index (χ0v) is 22.1. The topological polar surface area (TPSA) is 12.9 Å². The summed E-state index contributed by atoms with van der Waals surface area (Å²) in [5.41, 5.74) is 5.96. The Morgan fingerprint density at radius 2 is 1.47 bits per heavy atom. The van der Waals surface area contributed by atoms with Gasteiger partial charge in [0.25, 0.3) is 0 Å². The summed E-state index contributed by atoms with van der Waals surface area (Å²) in [4.78, 5) is 5.08. The lowest BCUT2D eigenvalue weighted by molar-refractivity contribution is 0.154. The summed E-state index contributed by atoms with van der Waals surface area (Å²) in [6.07, 6.45) is 18.8. The van der Waals surface area contributed by atoms with Crippen LogP contribution in [0.2, 0.25) is 0 Å². The van der Waals surface area contributed by atoms with Crippen molar-refractivity contribution in [1.82, 2.24) is 4.98 Å². The number of rotatable bonds is 8. The molecule has 0 aliphatic heterocycles. The van der Waals surface area contributed by atoms with Gasteiger partial charge in [-0.05, 0) is 91.0 Å². The van der Waals surface area contributed by atoms with E-state index in [0.29, 0.717) is 11.8 Å². The highest BCUT2D eigenvalue weighted by atomic mass is 14.7. The second-order valence-electron chi connectivity index (χ2n) is 11.5. The molecule has 2 aliphatic rings. The summed E-state index contributed by atoms with van der Waals surface area (Å²) >= 11 is 0. The van der Waals surface area contributed by atoms with Crippen LogP contribution in [0.15, 0.2) is 109 Å². The molecule has 1 heteroatoms. The van der Waals surface area contributed by atoms with Gasteiger partial charge in [-0.1, -0.05) is 105 Å². The molecule has 0 bridgehead atoms. The summed E-state index contributed by atoms with van der Waals surface area (Å²) in [6, 6.07) is 29.1. The predicted octanol–water partition coefficient (Wildman–Crippen LogP) is 9.54. The van der Waals surface area contributed by atoms with E-state index in [9.17, 15) is 0 Å². The Bertz CT molecular complexity index is 1110. The molecular formula is C35H41N. The van der Waals surface area contributed by atoms with E-state index in [1.165, 1.54) is 48.9 Å². The number of nitrogens with zero attached hydrogens (tertiary/aromatic N) is 1. The molecule has 1 aromatic heterocycles. The maximum Gasteiger partial charge on any atom is 0.0466 e. The van der Waals surface area contributed by atoms with Crippen molar-refractivity contribution in [3.8, 4) is 0 Å². The number of pyridine rings is 1. The minimum Gasteiger partial charge on any atom is -0.261 e. The van der Waals surface area contributed by atoms with Crippen LogP contribution in [0.25, 0.3) is 0 Å². The SMILES string of the molecule is CCCC(C)(CC1(c2ccccn2)CC(c2ccccc2)CC(c2ccccc2)C1)C1=CCCC=C1. The first-order valence-electron chi connectivity index (χ1n) is 14.0. The Labute approximate surface area is 218 Å². The number of aromatic nitrogens is 1. The number of benzene rings is 2. The maximum atomic E-state index is 5.08. The van der Waals surface area contributed by atoms with Crippen molar-refractivity contribution in [3.63, 3.8) is 0 Å². The smallest absolute Gasteiger partial charge is 0.0466 e. The van der Waals surface area contributed by atoms with Crippen molar-refractivity contribution in [1.29, 1.82) is 0 Å². The maximum absolute atomic E-state index is 5.08. The number of hydrogen-bond acceptors (Lipinski definition) is 1. The van der Waals surface area contributed by atoms with E-state index >= 15 is 0 Å². The molecule has 3 unspecified atom stereocenters. The van der Waals surface area contributed by atoms with Crippen LogP contribution < -0.4 is 0 Å². The quantitative estimate of drug-likeness (QED) is 0.316. The van der Waals surface area contributed by atoms with E-state index in [-0.39, 0.29) is 10.8 Å². The molecule has 0 saturated heterocycles. The zero-order valence-electron chi connectivity index (χ0n) is 22.1. The highest BCUT2D eigenvalue weighted by molar-refractivity contribution is 5.35. The monoisotopic (exact) mass is 475 g/mol. The van der Waals surface area contributed by atoms with Gasteiger partial charge in [0, 0.05) is 17.3 Å². The molecule has 3 atom stereocenters. The standard InChI is InChI=1S/C35H41N/c1-3-22-34(2,32-19-11-6-12-20-32)27-35(33-21-13-14-23-36-33)25-30(28-15-7-4-8-16-28)24-31(26-35)29-17-9-5-10-18-29/h4-5,7-11,13-21,23,30-31H,3,6,12,22,24-27H2,1-2H3. The van der Waals surface area contributed by atoms with Crippen LogP contribution in [0.4, 0.5) is 0 Å². The molecule has 0 N–H and O–H groups in total. The van der Waals surface area contributed by atoms with Crippen molar-refractivity contribution in [2.45, 2.75) is 82.5 Å². The Morgan fingerprint density at radius 3 is 2.00 bits per heavy atom. The Balaban J connectivity index is 1.63. The van der Waals surface area contributed by atoms with Crippen LogP contribution in [0.5, 0.6) is 0 Å². The van der Waals surface area contributed by atoms with Crippen LogP contribution in [-0.4, -0.2) is 4.98 Å². The minimum absolute atomic E-state index is 0.0244. The van der Waals surface area contributed by atoms with Gasteiger partial charge in [0.15, 0.2) is 0 Å². The van der Waals surface area contributed by atoms with Crippen molar-refractivity contribution < 1.29 is 0 Å². The van der Waals surface area contributed by atoms with E-state index in [2.05, 4.69) is 111 Å². The largest absolute Gasteiger partial charge is 0.261 e. The molecule has 0 spiro atoms. The summed E-state index contributed by atoms with van der Waals surface area (Å²) < 4.78 is 0. The van der Waals surface area contributed by atoms with Gasteiger partial charge < -0.3 is 0 Å². The fourth-order valence-corrected chi connectivity index (χ4v) is 7.31. The van der Waals surface area contributed by atoms with E-state index in [1.807, 2.05) is 6.20 Å². The minimum atomic E-state index is 0.0244. The summed E-state index contributed by atoms with van der Waals surface area (Å²) in [5.74, 6) is 1.04. The predicted molar refractivity (Wildman–Crippen MR) is 152 cm³/mol. The molecule has 1 fully saturated rings. The van der Waals surface area contributed by atoms with E-state index < -0.39 is 0 Å². The van der Waals surface area contributed by atoms with Gasteiger partial charge in [-0.15, -0.1) is 0 Å². The molecule has 5 rings (SSSR count). The second-order valence-corrected chi connectivity index (χ2v) is 11.5. The van der Waals surface area contributed by atoms with Gasteiger partial charge in [-0.25, -0.2) is 0 Å². The third kappa shape index (κ3) is 5.26. The molecule has 1 nitrogen and oxygen atoms in total. The molecule has 36 heavy (non-hydrogen) atoms. The van der Waals surface area contributed by atoms with Gasteiger partial charge in [0.1, 0.15) is 0 Å². The summed E-state index contributed by atoms with van der Waals surface area (Å²) in [7, 11) is 0. The average molecular weight is 476 g/mol. The normalized spacial score (nSPS) is 25.7. The van der Waals surface area contributed by atoms with Gasteiger partial charge in [0.05, 0.1) is 0 Å². The Kier molecular flexibility index (Phi) is 7.56.